The minimum atomic E-state index is -1.10. The van der Waals surface area contributed by atoms with Gasteiger partial charge in [-0.2, -0.15) is 0 Å². The summed E-state index contributed by atoms with van der Waals surface area (Å²) in [4.78, 5) is 35.3. The molecule has 0 unspecified atom stereocenters. The molecule has 21 heavy (non-hydrogen) atoms. The SMILES string of the molecule is COCCN(CC(=O)O)C(=O)CCNC(=O)c1ccco1. The zero-order valence-corrected chi connectivity index (χ0v) is 11.7. The number of nitrogens with zero attached hydrogens (tertiary/aromatic N) is 1. The molecule has 1 rings (SSSR count). The van der Waals surface area contributed by atoms with E-state index >= 15 is 0 Å². The van der Waals surface area contributed by atoms with Crippen molar-refractivity contribution >= 4 is 17.8 Å². The van der Waals surface area contributed by atoms with Gasteiger partial charge in [0.05, 0.1) is 12.9 Å². The van der Waals surface area contributed by atoms with Gasteiger partial charge in [-0.1, -0.05) is 0 Å². The molecule has 0 fully saturated rings. The highest BCUT2D eigenvalue weighted by Gasteiger charge is 2.17. The summed E-state index contributed by atoms with van der Waals surface area (Å²) >= 11 is 0. The molecule has 0 atom stereocenters. The van der Waals surface area contributed by atoms with Gasteiger partial charge in [0, 0.05) is 26.6 Å². The van der Waals surface area contributed by atoms with Crippen molar-refractivity contribution in [3.8, 4) is 0 Å². The normalized spacial score (nSPS) is 10.1. The minimum absolute atomic E-state index is 0.00342. The Morgan fingerprint density at radius 2 is 2.19 bits per heavy atom. The molecule has 1 aromatic heterocycles. The van der Waals surface area contributed by atoms with Crippen LogP contribution < -0.4 is 5.32 Å². The second kappa shape index (κ2) is 8.75. The number of carbonyl (C=O) groups excluding carboxylic acids is 2. The molecule has 0 spiro atoms. The number of carboxylic acid groups (broad SMARTS) is 1. The molecule has 8 heteroatoms. The lowest BCUT2D eigenvalue weighted by Gasteiger charge is -2.20. The van der Waals surface area contributed by atoms with Crippen molar-refractivity contribution in [1.29, 1.82) is 0 Å². The molecule has 0 saturated carbocycles. The maximum absolute atomic E-state index is 11.9. The number of amides is 2. The van der Waals surface area contributed by atoms with Crippen LogP contribution in [0.5, 0.6) is 0 Å². The van der Waals surface area contributed by atoms with Crippen molar-refractivity contribution in [2.24, 2.45) is 0 Å². The van der Waals surface area contributed by atoms with Crippen LogP contribution in [0.1, 0.15) is 17.0 Å². The molecule has 0 aliphatic rings. The van der Waals surface area contributed by atoms with Gasteiger partial charge in [-0.25, -0.2) is 0 Å². The van der Waals surface area contributed by atoms with Crippen molar-refractivity contribution in [1.82, 2.24) is 10.2 Å². The van der Waals surface area contributed by atoms with Gasteiger partial charge in [0.25, 0.3) is 5.91 Å². The number of nitrogens with one attached hydrogen (secondary N) is 1. The lowest BCUT2D eigenvalue weighted by molar-refractivity contribution is -0.144. The van der Waals surface area contributed by atoms with Gasteiger partial charge in [-0.3, -0.25) is 14.4 Å². The lowest BCUT2D eigenvalue weighted by Crippen LogP contribution is -2.39. The number of aliphatic carboxylic acids is 1. The molecule has 1 heterocycles. The Morgan fingerprint density at radius 1 is 1.43 bits per heavy atom. The molecule has 0 aromatic carbocycles. The van der Waals surface area contributed by atoms with Crippen molar-refractivity contribution < 1.29 is 28.6 Å². The third-order valence-electron chi connectivity index (χ3n) is 2.61. The fourth-order valence-corrected chi connectivity index (χ4v) is 1.59. The maximum atomic E-state index is 11.9. The molecule has 8 nitrogen and oxygen atoms in total. The monoisotopic (exact) mass is 298 g/mol. The fourth-order valence-electron chi connectivity index (χ4n) is 1.59. The number of carbonyl (C=O) groups is 3. The summed E-state index contributed by atoms with van der Waals surface area (Å²) in [6, 6.07) is 3.09. The maximum Gasteiger partial charge on any atom is 0.323 e. The van der Waals surface area contributed by atoms with E-state index in [9.17, 15) is 14.4 Å². The Kier molecular flexibility index (Phi) is 6.96. The Bertz CT molecular complexity index is 471. The van der Waals surface area contributed by atoms with Crippen LogP contribution in [0.25, 0.3) is 0 Å². The second-order valence-corrected chi connectivity index (χ2v) is 4.19. The molecule has 0 bridgehead atoms. The molecular weight excluding hydrogens is 280 g/mol. The first-order valence-corrected chi connectivity index (χ1v) is 6.34. The third-order valence-corrected chi connectivity index (χ3v) is 2.61. The van der Waals surface area contributed by atoms with Crippen molar-refractivity contribution in [3.63, 3.8) is 0 Å². The average molecular weight is 298 g/mol. The van der Waals surface area contributed by atoms with E-state index in [0.717, 1.165) is 0 Å². The molecule has 116 valence electrons. The molecule has 2 amide bonds. The van der Waals surface area contributed by atoms with Crippen LogP contribution in [0.2, 0.25) is 0 Å². The van der Waals surface area contributed by atoms with Crippen molar-refractivity contribution in [2.75, 3.05) is 33.4 Å². The molecule has 1 aromatic rings. The predicted molar refractivity (Wildman–Crippen MR) is 71.8 cm³/mol. The standard InChI is InChI=1S/C13H18N2O6/c1-20-8-6-15(9-12(17)18)11(16)4-5-14-13(19)10-3-2-7-21-10/h2-3,7H,4-6,8-9H2,1H3,(H,14,19)(H,17,18). The van der Waals surface area contributed by atoms with Gasteiger partial charge in [0.2, 0.25) is 5.91 Å². The van der Waals surface area contributed by atoms with Crippen LogP contribution in [-0.2, 0) is 14.3 Å². The molecule has 2 N–H and O–H groups in total. The number of carboxylic acids is 1. The van der Waals surface area contributed by atoms with E-state index in [4.69, 9.17) is 14.3 Å². The summed E-state index contributed by atoms with van der Waals surface area (Å²) in [6.45, 7) is 0.140. The highest BCUT2D eigenvalue weighted by molar-refractivity contribution is 5.91. The predicted octanol–water partition coefficient (Wildman–Crippen LogP) is -0.0409. The molecule has 0 aliphatic carbocycles. The van der Waals surface area contributed by atoms with Gasteiger partial charge in [-0.15, -0.1) is 0 Å². The van der Waals surface area contributed by atoms with Gasteiger partial charge in [0.1, 0.15) is 6.54 Å². The Morgan fingerprint density at radius 3 is 2.76 bits per heavy atom. The van der Waals surface area contributed by atoms with E-state index in [1.165, 1.54) is 24.3 Å². The smallest absolute Gasteiger partial charge is 0.323 e. The van der Waals surface area contributed by atoms with Crippen LogP contribution in [-0.4, -0.2) is 61.1 Å². The first-order chi connectivity index (χ1) is 10.0. The Labute approximate surface area is 121 Å². The van der Waals surface area contributed by atoms with E-state index < -0.39 is 18.4 Å². The van der Waals surface area contributed by atoms with Crippen LogP contribution in [0, 0.1) is 0 Å². The van der Waals surface area contributed by atoms with E-state index in [0.29, 0.717) is 0 Å². The number of ether oxygens (including phenoxy) is 1. The van der Waals surface area contributed by atoms with E-state index in [-0.39, 0.29) is 37.8 Å². The van der Waals surface area contributed by atoms with E-state index in [1.807, 2.05) is 0 Å². The molecule has 0 saturated heterocycles. The first-order valence-electron chi connectivity index (χ1n) is 6.34. The molecule has 0 aliphatic heterocycles. The fraction of sp³-hybridized carbons (Fsp3) is 0.462. The Balaban J connectivity index is 2.38. The number of hydrogen-bond donors (Lipinski definition) is 2. The minimum Gasteiger partial charge on any atom is -0.480 e. The number of rotatable bonds is 9. The first kappa shape index (κ1) is 16.7. The van der Waals surface area contributed by atoms with Crippen LogP contribution in [0.15, 0.2) is 22.8 Å². The summed E-state index contributed by atoms with van der Waals surface area (Å²) in [6.07, 6.45) is 1.38. The van der Waals surface area contributed by atoms with Crippen LogP contribution in [0.4, 0.5) is 0 Å². The van der Waals surface area contributed by atoms with E-state index in [2.05, 4.69) is 5.32 Å². The van der Waals surface area contributed by atoms with Crippen LogP contribution in [0.3, 0.4) is 0 Å². The summed E-state index contributed by atoms with van der Waals surface area (Å²) < 4.78 is 9.73. The van der Waals surface area contributed by atoms with Crippen LogP contribution >= 0.6 is 0 Å². The van der Waals surface area contributed by atoms with Crippen molar-refractivity contribution in [3.05, 3.63) is 24.2 Å². The number of hydrogen-bond acceptors (Lipinski definition) is 5. The van der Waals surface area contributed by atoms with Crippen molar-refractivity contribution in [2.45, 2.75) is 6.42 Å². The molecule has 0 radical (unpaired) electrons. The highest BCUT2D eigenvalue weighted by atomic mass is 16.5. The Hall–Kier alpha value is -2.35. The highest BCUT2D eigenvalue weighted by Crippen LogP contribution is 2.00. The summed E-state index contributed by atoms with van der Waals surface area (Å²) in [5.74, 6) is -1.73. The average Bonchev–Trinajstić information content (AvgIpc) is 2.96. The zero-order chi connectivity index (χ0) is 15.7. The zero-order valence-electron chi connectivity index (χ0n) is 11.7. The van der Waals surface area contributed by atoms with E-state index in [1.54, 1.807) is 6.07 Å². The summed E-state index contributed by atoms with van der Waals surface area (Å²) in [5.41, 5.74) is 0. The number of methoxy groups -OCH3 is 1. The van der Waals surface area contributed by atoms with Gasteiger partial charge in [-0.05, 0) is 12.1 Å². The molecular formula is C13H18N2O6. The van der Waals surface area contributed by atoms with Gasteiger partial charge < -0.3 is 24.5 Å². The quantitative estimate of drug-likeness (QED) is 0.662. The lowest BCUT2D eigenvalue weighted by atomic mass is 10.3. The van der Waals surface area contributed by atoms with Gasteiger partial charge >= 0.3 is 5.97 Å². The topological polar surface area (TPSA) is 109 Å². The second-order valence-electron chi connectivity index (χ2n) is 4.19. The summed E-state index contributed by atoms with van der Waals surface area (Å²) in [5, 5.41) is 11.3. The number of furan rings is 1. The third kappa shape index (κ3) is 6.09. The summed E-state index contributed by atoms with van der Waals surface area (Å²) in [7, 11) is 1.47. The largest absolute Gasteiger partial charge is 0.480 e. The van der Waals surface area contributed by atoms with Gasteiger partial charge in [0.15, 0.2) is 5.76 Å².